The van der Waals surface area contributed by atoms with E-state index < -0.39 is 5.92 Å². The van der Waals surface area contributed by atoms with Crippen molar-refractivity contribution < 1.29 is 19.2 Å². The third-order valence-corrected chi connectivity index (χ3v) is 5.66. The van der Waals surface area contributed by atoms with Crippen LogP contribution in [0.25, 0.3) is 0 Å². The van der Waals surface area contributed by atoms with Crippen molar-refractivity contribution in [2.75, 3.05) is 11.9 Å². The Kier molecular flexibility index (Phi) is 3.30. The highest BCUT2D eigenvalue weighted by Crippen LogP contribution is 2.52. The first-order valence-electron chi connectivity index (χ1n) is 8.25. The first-order chi connectivity index (χ1) is 11.5. The van der Waals surface area contributed by atoms with Gasteiger partial charge in [-0.25, -0.2) is 0 Å². The summed E-state index contributed by atoms with van der Waals surface area (Å²) in [5, 5.41) is 2.53. The number of Topliss-reactive ketones (excluding diaryl/α,β-unsaturated/α-hetero) is 1. The SMILES string of the molecule is CNC(=O)c1cccc(N2C(=O)[C@@H]3[C@H]4CC[C@H](C(=O)C4)[C@@H]3C2=O)c1. The van der Waals surface area contributed by atoms with Gasteiger partial charge in [-0.05, 0) is 37.0 Å². The zero-order valence-electron chi connectivity index (χ0n) is 13.3. The number of nitrogens with zero attached hydrogens (tertiary/aromatic N) is 1. The molecule has 5 rings (SSSR count). The maximum absolute atomic E-state index is 12.9. The highest BCUT2D eigenvalue weighted by Gasteiger charge is 2.60. The van der Waals surface area contributed by atoms with E-state index in [4.69, 9.17) is 0 Å². The normalized spacial score (nSPS) is 31.4. The van der Waals surface area contributed by atoms with Crippen LogP contribution in [-0.2, 0) is 14.4 Å². The van der Waals surface area contributed by atoms with Gasteiger partial charge in [-0.1, -0.05) is 6.07 Å². The van der Waals surface area contributed by atoms with E-state index in [1.54, 1.807) is 24.3 Å². The molecule has 1 aromatic carbocycles. The molecular weight excluding hydrogens is 308 g/mol. The summed E-state index contributed by atoms with van der Waals surface area (Å²) in [6, 6.07) is 6.49. The lowest BCUT2D eigenvalue weighted by atomic mass is 9.59. The molecule has 1 aliphatic heterocycles. The van der Waals surface area contributed by atoms with Crippen LogP contribution in [0.4, 0.5) is 5.69 Å². The molecule has 1 aromatic rings. The highest BCUT2D eigenvalue weighted by atomic mass is 16.2. The Bertz CT molecular complexity index is 772. The van der Waals surface area contributed by atoms with Crippen molar-refractivity contribution in [3.05, 3.63) is 29.8 Å². The number of anilines is 1. The summed E-state index contributed by atoms with van der Waals surface area (Å²) >= 11 is 0. The molecule has 6 heteroatoms. The van der Waals surface area contributed by atoms with Gasteiger partial charge in [-0.2, -0.15) is 0 Å². The number of amides is 3. The zero-order valence-corrected chi connectivity index (χ0v) is 13.3. The molecule has 3 aliphatic carbocycles. The second-order valence-electron chi connectivity index (χ2n) is 6.81. The summed E-state index contributed by atoms with van der Waals surface area (Å²) < 4.78 is 0. The molecule has 6 nitrogen and oxygen atoms in total. The third-order valence-electron chi connectivity index (χ3n) is 5.66. The molecular formula is C18H18N2O4. The molecule has 24 heavy (non-hydrogen) atoms. The van der Waals surface area contributed by atoms with Crippen LogP contribution in [0.1, 0.15) is 29.6 Å². The van der Waals surface area contributed by atoms with E-state index in [0.717, 1.165) is 6.42 Å². The van der Waals surface area contributed by atoms with Crippen molar-refractivity contribution in [2.24, 2.45) is 23.7 Å². The standard InChI is InChI=1S/C18H18N2O4/c1-19-16(22)10-3-2-4-11(7-10)20-17(23)14-9-5-6-12(13(21)8-9)15(14)18(20)24/h2-4,7,9,12,14-15H,5-6,8H2,1H3,(H,19,22)/t9-,12+,14+,15-/m0/s1. The van der Waals surface area contributed by atoms with E-state index in [0.29, 0.717) is 24.1 Å². The van der Waals surface area contributed by atoms with Crippen LogP contribution in [-0.4, -0.2) is 30.6 Å². The van der Waals surface area contributed by atoms with E-state index in [1.165, 1.54) is 11.9 Å². The van der Waals surface area contributed by atoms with Crippen molar-refractivity contribution in [1.82, 2.24) is 5.32 Å². The second-order valence-corrected chi connectivity index (χ2v) is 6.81. The lowest BCUT2D eigenvalue weighted by Gasteiger charge is -2.41. The minimum Gasteiger partial charge on any atom is -0.355 e. The van der Waals surface area contributed by atoms with Crippen LogP contribution in [0.2, 0.25) is 0 Å². The van der Waals surface area contributed by atoms with E-state index in [9.17, 15) is 19.2 Å². The van der Waals surface area contributed by atoms with Crippen LogP contribution in [0, 0.1) is 23.7 Å². The Morgan fingerprint density at radius 1 is 1.12 bits per heavy atom. The van der Waals surface area contributed by atoms with Crippen LogP contribution in [0.15, 0.2) is 24.3 Å². The molecule has 1 saturated heterocycles. The molecule has 4 aliphatic rings. The summed E-state index contributed by atoms with van der Waals surface area (Å²) in [5.74, 6) is -1.89. The average molecular weight is 326 g/mol. The molecule has 124 valence electrons. The molecule has 4 fully saturated rings. The first kappa shape index (κ1) is 15.1. The van der Waals surface area contributed by atoms with Crippen molar-refractivity contribution >= 4 is 29.2 Å². The maximum atomic E-state index is 12.9. The predicted octanol–water partition coefficient (Wildman–Crippen LogP) is 1.15. The minimum atomic E-state index is -0.513. The fourth-order valence-electron chi connectivity index (χ4n) is 4.57. The second kappa shape index (κ2) is 5.26. The van der Waals surface area contributed by atoms with Crippen LogP contribution in [0.3, 0.4) is 0 Å². The van der Waals surface area contributed by atoms with Gasteiger partial charge >= 0.3 is 0 Å². The fraction of sp³-hybridized carbons (Fsp3) is 0.444. The minimum absolute atomic E-state index is 0.0175. The topological polar surface area (TPSA) is 83.6 Å². The van der Waals surface area contributed by atoms with Gasteiger partial charge < -0.3 is 5.32 Å². The number of nitrogens with one attached hydrogen (secondary N) is 1. The van der Waals surface area contributed by atoms with E-state index in [2.05, 4.69) is 5.32 Å². The third kappa shape index (κ3) is 1.95. The van der Waals surface area contributed by atoms with Crippen LogP contribution < -0.4 is 10.2 Å². The number of hydrogen-bond donors (Lipinski definition) is 1. The number of hydrogen-bond acceptors (Lipinski definition) is 4. The van der Waals surface area contributed by atoms with Gasteiger partial charge in [-0.3, -0.25) is 24.1 Å². The number of imide groups is 1. The molecule has 0 radical (unpaired) electrons. The Balaban J connectivity index is 1.73. The molecule has 3 saturated carbocycles. The number of carbonyl (C=O) groups excluding carboxylic acids is 4. The van der Waals surface area contributed by atoms with Gasteiger partial charge in [0, 0.05) is 24.9 Å². The van der Waals surface area contributed by atoms with Crippen LogP contribution in [0.5, 0.6) is 0 Å². The molecule has 2 bridgehead atoms. The number of carbonyl (C=O) groups is 4. The molecule has 1 N–H and O–H groups in total. The molecule has 0 spiro atoms. The zero-order chi connectivity index (χ0) is 17.0. The van der Waals surface area contributed by atoms with Crippen molar-refractivity contribution in [2.45, 2.75) is 19.3 Å². The lowest BCUT2D eigenvalue weighted by molar-refractivity contribution is -0.143. The molecule has 0 aromatic heterocycles. The monoisotopic (exact) mass is 326 g/mol. The van der Waals surface area contributed by atoms with Gasteiger partial charge in [0.05, 0.1) is 17.5 Å². The Labute approximate surface area is 139 Å². The number of ketones is 1. The van der Waals surface area contributed by atoms with Crippen molar-refractivity contribution in [3.8, 4) is 0 Å². The Morgan fingerprint density at radius 3 is 2.58 bits per heavy atom. The Morgan fingerprint density at radius 2 is 1.88 bits per heavy atom. The summed E-state index contributed by atoms with van der Waals surface area (Å²) in [5.41, 5.74) is 0.803. The maximum Gasteiger partial charge on any atom is 0.251 e. The molecule has 0 unspecified atom stereocenters. The molecule has 3 amide bonds. The molecule has 4 atom stereocenters. The summed E-state index contributed by atoms with van der Waals surface area (Å²) in [6.45, 7) is 0. The average Bonchev–Trinajstić information content (AvgIpc) is 2.87. The van der Waals surface area contributed by atoms with Gasteiger partial charge in [0.25, 0.3) is 5.91 Å². The Hall–Kier alpha value is -2.50. The predicted molar refractivity (Wildman–Crippen MR) is 85.1 cm³/mol. The van der Waals surface area contributed by atoms with Crippen molar-refractivity contribution in [1.29, 1.82) is 0 Å². The summed E-state index contributed by atoms with van der Waals surface area (Å²) in [6.07, 6.45) is 1.95. The van der Waals surface area contributed by atoms with Gasteiger partial charge in [0.1, 0.15) is 5.78 Å². The fourth-order valence-corrected chi connectivity index (χ4v) is 4.57. The lowest BCUT2D eigenvalue weighted by Crippen LogP contribution is -2.46. The van der Waals surface area contributed by atoms with Crippen LogP contribution >= 0.6 is 0 Å². The number of fused-ring (bicyclic) bond motifs is 2. The first-order valence-corrected chi connectivity index (χ1v) is 8.25. The van der Waals surface area contributed by atoms with Gasteiger partial charge in [0.2, 0.25) is 11.8 Å². The smallest absolute Gasteiger partial charge is 0.251 e. The number of benzene rings is 1. The van der Waals surface area contributed by atoms with E-state index in [-0.39, 0.29) is 41.3 Å². The van der Waals surface area contributed by atoms with Crippen molar-refractivity contribution in [3.63, 3.8) is 0 Å². The molecule has 1 heterocycles. The number of rotatable bonds is 2. The van der Waals surface area contributed by atoms with E-state index in [1.807, 2.05) is 0 Å². The van der Waals surface area contributed by atoms with Gasteiger partial charge in [0.15, 0.2) is 0 Å². The quantitative estimate of drug-likeness (QED) is 0.827. The summed E-state index contributed by atoms with van der Waals surface area (Å²) in [7, 11) is 1.53. The van der Waals surface area contributed by atoms with E-state index >= 15 is 0 Å². The largest absolute Gasteiger partial charge is 0.355 e. The summed E-state index contributed by atoms with van der Waals surface area (Å²) in [4.78, 5) is 50.9. The van der Waals surface area contributed by atoms with Gasteiger partial charge in [-0.15, -0.1) is 0 Å². The highest BCUT2D eigenvalue weighted by molar-refractivity contribution is 6.23.